The van der Waals surface area contributed by atoms with E-state index in [0.29, 0.717) is 5.56 Å². The van der Waals surface area contributed by atoms with E-state index in [1.807, 2.05) is 0 Å². The molecule has 0 atom stereocenters. The topological polar surface area (TPSA) is 95.5 Å². The van der Waals surface area contributed by atoms with Crippen LogP contribution in [0.2, 0.25) is 0 Å². The predicted octanol–water partition coefficient (Wildman–Crippen LogP) is 0.847. The van der Waals surface area contributed by atoms with Gasteiger partial charge in [0.25, 0.3) is 5.91 Å². The Balaban J connectivity index is 2.32. The predicted molar refractivity (Wildman–Crippen MR) is 71.1 cm³/mol. The molecule has 0 saturated heterocycles. The van der Waals surface area contributed by atoms with E-state index in [2.05, 4.69) is 10.6 Å². The van der Waals surface area contributed by atoms with Crippen LogP contribution in [0.15, 0.2) is 16.8 Å². The average Bonchev–Trinajstić information content (AvgIpc) is 2.81. The van der Waals surface area contributed by atoms with Gasteiger partial charge in [-0.15, -0.1) is 0 Å². The number of hydrogen-bond donors (Lipinski definition) is 3. The summed E-state index contributed by atoms with van der Waals surface area (Å²) in [7, 11) is 0. The number of thiophene rings is 1. The zero-order valence-corrected chi connectivity index (χ0v) is 11.5. The van der Waals surface area contributed by atoms with Gasteiger partial charge in [-0.25, -0.2) is 4.79 Å². The number of carboxylic acid groups (broad SMARTS) is 1. The molecule has 19 heavy (non-hydrogen) atoms. The highest BCUT2D eigenvalue weighted by Gasteiger charge is 2.28. The fraction of sp³-hybridized carbons (Fsp3) is 0.417. The minimum Gasteiger partial charge on any atom is -0.480 e. The average molecular weight is 284 g/mol. The van der Waals surface area contributed by atoms with Crippen LogP contribution in [-0.4, -0.2) is 35.0 Å². The van der Waals surface area contributed by atoms with Crippen molar-refractivity contribution in [3.05, 3.63) is 22.4 Å². The molecule has 0 saturated carbocycles. The summed E-state index contributed by atoms with van der Waals surface area (Å²) in [5.74, 6) is -1.77. The van der Waals surface area contributed by atoms with Crippen molar-refractivity contribution in [2.24, 2.45) is 0 Å². The summed E-state index contributed by atoms with van der Waals surface area (Å²) in [4.78, 5) is 33.9. The number of nitrogens with one attached hydrogen (secondary N) is 2. The van der Waals surface area contributed by atoms with Crippen LogP contribution >= 0.6 is 11.3 Å². The van der Waals surface area contributed by atoms with E-state index in [1.165, 1.54) is 25.2 Å². The molecular weight excluding hydrogens is 268 g/mol. The monoisotopic (exact) mass is 284 g/mol. The fourth-order valence-electron chi connectivity index (χ4n) is 1.25. The Labute approximate surface area is 114 Å². The number of hydrogen-bond acceptors (Lipinski definition) is 4. The molecule has 0 unspecified atom stereocenters. The molecule has 7 heteroatoms. The summed E-state index contributed by atoms with van der Waals surface area (Å²) in [6, 6.07) is 1.69. The second kappa shape index (κ2) is 6.33. The number of carbonyl (C=O) groups excluding carboxylic acids is 2. The van der Waals surface area contributed by atoms with Crippen LogP contribution < -0.4 is 10.6 Å². The molecular formula is C12H16N2O4S. The van der Waals surface area contributed by atoms with Crippen LogP contribution in [0.4, 0.5) is 0 Å². The summed E-state index contributed by atoms with van der Waals surface area (Å²) in [5, 5.41) is 17.3. The number of amides is 2. The molecule has 0 fully saturated rings. The van der Waals surface area contributed by atoms with Gasteiger partial charge in [0, 0.05) is 23.9 Å². The fourth-order valence-corrected chi connectivity index (χ4v) is 1.89. The van der Waals surface area contributed by atoms with Gasteiger partial charge in [-0.05, 0) is 25.3 Å². The highest BCUT2D eigenvalue weighted by molar-refractivity contribution is 7.08. The van der Waals surface area contributed by atoms with Crippen LogP contribution in [0.25, 0.3) is 0 Å². The van der Waals surface area contributed by atoms with Crippen molar-refractivity contribution in [3.8, 4) is 0 Å². The van der Waals surface area contributed by atoms with Gasteiger partial charge in [-0.2, -0.15) is 11.3 Å². The molecule has 0 aromatic carbocycles. The first kappa shape index (κ1) is 15.2. The highest BCUT2D eigenvalue weighted by atomic mass is 32.1. The summed E-state index contributed by atoms with van der Waals surface area (Å²) < 4.78 is 0. The third kappa shape index (κ3) is 4.70. The van der Waals surface area contributed by atoms with Crippen LogP contribution in [0, 0.1) is 0 Å². The first-order valence-electron chi connectivity index (χ1n) is 5.68. The zero-order valence-electron chi connectivity index (χ0n) is 10.7. The molecule has 104 valence electrons. The molecule has 1 aromatic heterocycles. The van der Waals surface area contributed by atoms with Gasteiger partial charge in [0.15, 0.2) is 0 Å². The summed E-state index contributed by atoms with van der Waals surface area (Å²) in [5.41, 5.74) is -0.759. The van der Waals surface area contributed by atoms with E-state index >= 15 is 0 Å². The number of aliphatic carboxylic acids is 1. The van der Waals surface area contributed by atoms with Gasteiger partial charge in [0.2, 0.25) is 5.91 Å². The van der Waals surface area contributed by atoms with E-state index < -0.39 is 17.4 Å². The Hall–Kier alpha value is -1.89. The first-order valence-corrected chi connectivity index (χ1v) is 6.62. The van der Waals surface area contributed by atoms with Gasteiger partial charge < -0.3 is 15.7 Å². The Kier molecular flexibility index (Phi) is 5.05. The maximum atomic E-state index is 11.6. The molecule has 0 spiro atoms. The van der Waals surface area contributed by atoms with Crippen LogP contribution in [0.1, 0.15) is 30.6 Å². The lowest BCUT2D eigenvalue weighted by atomic mass is 10.1. The molecule has 0 aliphatic heterocycles. The van der Waals surface area contributed by atoms with E-state index in [0.717, 1.165) is 0 Å². The van der Waals surface area contributed by atoms with Crippen molar-refractivity contribution in [2.75, 3.05) is 6.54 Å². The summed E-state index contributed by atoms with van der Waals surface area (Å²) in [6.45, 7) is 2.96. The molecule has 6 nitrogen and oxygen atoms in total. The van der Waals surface area contributed by atoms with Gasteiger partial charge in [-0.3, -0.25) is 9.59 Å². The van der Waals surface area contributed by atoms with Crippen LogP contribution in [0.3, 0.4) is 0 Å². The second-order valence-electron chi connectivity index (χ2n) is 4.50. The molecule has 0 bridgehead atoms. The van der Waals surface area contributed by atoms with E-state index in [1.54, 1.807) is 16.8 Å². The number of rotatable bonds is 6. The summed E-state index contributed by atoms with van der Waals surface area (Å²) >= 11 is 1.41. The lowest BCUT2D eigenvalue weighted by molar-refractivity contribution is -0.146. The maximum absolute atomic E-state index is 11.6. The van der Waals surface area contributed by atoms with Crippen molar-refractivity contribution >= 4 is 29.1 Å². The Morgan fingerprint density at radius 3 is 2.58 bits per heavy atom. The third-order valence-corrected chi connectivity index (χ3v) is 3.09. The third-order valence-electron chi connectivity index (χ3n) is 2.41. The Morgan fingerprint density at radius 1 is 1.37 bits per heavy atom. The van der Waals surface area contributed by atoms with Crippen LogP contribution in [0.5, 0.6) is 0 Å². The number of carboxylic acids is 1. The van der Waals surface area contributed by atoms with Gasteiger partial charge in [0.05, 0.1) is 0 Å². The number of carbonyl (C=O) groups is 3. The van der Waals surface area contributed by atoms with Crippen molar-refractivity contribution in [1.29, 1.82) is 0 Å². The Morgan fingerprint density at radius 2 is 2.05 bits per heavy atom. The quantitative estimate of drug-likeness (QED) is 0.721. The zero-order chi connectivity index (χ0) is 14.5. The van der Waals surface area contributed by atoms with Crippen LogP contribution in [-0.2, 0) is 9.59 Å². The SMILES string of the molecule is CC(C)(NC(=O)CCNC(=O)c1ccsc1)C(=O)O. The van der Waals surface area contributed by atoms with E-state index in [9.17, 15) is 14.4 Å². The van der Waals surface area contributed by atoms with Crippen molar-refractivity contribution in [3.63, 3.8) is 0 Å². The Bertz CT molecular complexity index is 468. The standard InChI is InChI=1S/C12H16N2O4S/c1-12(2,11(17)18)14-9(15)3-5-13-10(16)8-4-6-19-7-8/h4,6-7H,3,5H2,1-2H3,(H,13,16)(H,14,15)(H,17,18). The second-order valence-corrected chi connectivity index (χ2v) is 5.28. The van der Waals surface area contributed by atoms with Gasteiger partial charge >= 0.3 is 5.97 Å². The molecule has 1 rings (SSSR count). The largest absolute Gasteiger partial charge is 0.480 e. The van der Waals surface area contributed by atoms with Gasteiger partial charge in [0.1, 0.15) is 5.54 Å². The molecule has 0 radical (unpaired) electrons. The normalized spacial score (nSPS) is 10.8. The van der Waals surface area contributed by atoms with E-state index in [-0.39, 0.29) is 18.9 Å². The molecule has 1 heterocycles. The van der Waals surface area contributed by atoms with Gasteiger partial charge in [-0.1, -0.05) is 0 Å². The van der Waals surface area contributed by atoms with Crippen molar-refractivity contribution in [1.82, 2.24) is 10.6 Å². The minimum atomic E-state index is -1.31. The summed E-state index contributed by atoms with van der Waals surface area (Å²) in [6.07, 6.45) is 0.0343. The van der Waals surface area contributed by atoms with Crippen molar-refractivity contribution in [2.45, 2.75) is 25.8 Å². The highest BCUT2D eigenvalue weighted by Crippen LogP contribution is 2.05. The minimum absolute atomic E-state index is 0.0343. The van der Waals surface area contributed by atoms with Crippen molar-refractivity contribution < 1.29 is 19.5 Å². The smallest absolute Gasteiger partial charge is 0.328 e. The van der Waals surface area contributed by atoms with E-state index in [4.69, 9.17) is 5.11 Å². The molecule has 2 amide bonds. The molecule has 0 aliphatic rings. The lowest BCUT2D eigenvalue weighted by Crippen LogP contribution is -2.50. The maximum Gasteiger partial charge on any atom is 0.328 e. The molecule has 1 aromatic rings. The molecule has 0 aliphatic carbocycles. The lowest BCUT2D eigenvalue weighted by Gasteiger charge is -2.20. The molecule has 3 N–H and O–H groups in total. The first-order chi connectivity index (χ1) is 8.83.